The number of H-pyrrole nitrogens is 1. The van der Waals surface area contributed by atoms with Crippen LogP contribution in [0.3, 0.4) is 0 Å². The zero-order valence-corrected chi connectivity index (χ0v) is 13.8. The van der Waals surface area contributed by atoms with Gasteiger partial charge in [0.1, 0.15) is 18.2 Å². The van der Waals surface area contributed by atoms with E-state index in [1.165, 1.54) is 0 Å². The molecule has 2 aromatic carbocycles. The highest BCUT2D eigenvalue weighted by Gasteiger charge is 2.13. The zero-order chi connectivity index (χ0) is 17.1. The Morgan fingerprint density at radius 2 is 1.92 bits per heavy atom. The number of morpholine rings is 1. The number of fused-ring (bicyclic) bond motifs is 1. The van der Waals surface area contributed by atoms with Crippen molar-refractivity contribution in [1.82, 2.24) is 9.97 Å². The smallest absolute Gasteiger partial charge is 0.258 e. The van der Waals surface area contributed by atoms with E-state index in [0.717, 1.165) is 24.5 Å². The molecular weight excluding hydrogens is 318 g/mol. The van der Waals surface area contributed by atoms with E-state index in [2.05, 4.69) is 14.9 Å². The molecule has 1 aliphatic heterocycles. The first kappa shape index (κ1) is 15.7. The van der Waals surface area contributed by atoms with E-state index in [9.17, 15) is 4.79 Å². The van der Waals surface area contributed by atoms with E-state index in [4.69, 9.17) is 9.47 Å². The minimum Gasteiger partial charge on any atom is -0.486 e. The van der Waals surface area contributed by atoms with Crippen LogP contribution in [0.2, 0.25) is 0 Å². The molecule has 0 aliphatic carbocycles. The van der Waals surface area contributed by atoms with Crippen molar-refractivity contribution in [3.05, 3.63) is 64.7 Å². The third kappa shape index (κ3) is 3.49. The molecule has 1 N–H and O–H groups in total. The number of benzene rings is 2. The van der Waals surface area contributed by atoms with Gasteiger partial charge in [-0.25, -0.2) is 4.98 Å². The van der Waals surface area contributed by atoms with Gasteiger partial charge in [-0.05, 0) is 30.3 Å². The Morgan fingerprint density at radius 3 is 2.72 bits per heavy atom. The molecule has 0 bridgehead atoms. The fraction of sp³-hybridized carbons (Fsp3) is 0.263. The second-order valence-corrected chi connectivity index (χ2v) is 5.92. The SMILES string of the molecule is O=c1[nH]c(COc2ccccc2)nc2ccc(N3CCOCC3)cc12. The fourth-order valence-electron chi connectivity index (χ4n) is 2.93. The van der Waals surface area contributed by atoms with Crippen LogP contribution in [0.15, 0.2) is 53.3 Å². The molecule has 25 heavy (non-hydrogen) atoms. The standard InChI is InChI=1S/C19H19N3O3/c23-19-16-12-14(22-8-10-24-11-9-22)6-7-17(16)20-18(21-19)13-25-15-4-2-1-3-5-15/h1-7,12H,8-11,13H2,(H,20,21,23). The summed E-state index contributed by atoms with van der Waals surface area (Å²) in [5, 5.41) is 0.590. The molecule has 1 aliphatic rings. The average molecular weight is 337 g/mol. The highest BCUT2D eigenvalue weighted by Crippen LogP contribution is 2.20. The second-order valence-electron chi connectivity index (χ2n) is 5.92. The van der Waals surface area contributed by atoms with Gasteiger partial charge >= 0.3 is 0 Å². The monoisotopic (exact) mass is 337 g/mol. The highest BCUT2D eigenvalue weighted by atomic mass is 16.5. The molecule has 0 amide bonds. The number of hydrogen-bond donors (Lipinski definition) is 1. The Labute approximate surface area is 145 Å². The van der Waals surface area contributed by atoms with Crippen LogP contribution in [-0.2, 0) is 11.3 Å². The van der Waals surface area contributed by atoms with Crippen LogP contribution < -0.4 is 15.2 Å². The molecule has 3 aromatic rings. The van der Waals surface area contributed by atoms with E-state index in [0.29, 0.717) is 29.9 Å². The lowest BCUT2D eigenvalue weighted by Gasteiger charge is -2.28. The van der Waals surface area contributed by atoms with E-state index in [-0.39, 0.29) is 12.2 Å². The summed E-state index contributed by atoms with van der Waals surface area (Å²) in [6.45, 7) is 3.31. The third-order valence-electron chi connectivity index (χ3n) is 4.23. The first-order valence-corrected chi connectivity index (χ1v) is 8.33. The molecule has 6 heteroatoms. The van der Waals surface area contributed by atoms with Crippen molar-refractivity contribution in [2.24, 2.45) is 0 Å². The Balaban J connectivity index is 1.58. The van der Waals surface area contributed by atoms with Gasteiger partial charge in [-0.2, -0.15) is 0 Å². The van der Waals surface area contributed by atoms with Crippen LogP contribution in [0, 0.1) is 0 Å². The molecule has 0 saturated carbocycles. The minimum absolute atomic E-state index is 0.147. The fourth-order valence-corrected chi connectivity index (χ4v) is 2.93. The zero-order valence-electron chi connectivity index (χ0n) is 13.8. The summed E-state index contributed by atoms with van der Waals surface area (Å²) in [5.41, 5.74) is 1.55. The summed E-state index contributed by atoms with van der Waals surface area (Å²) in [6, 6.07) is 15.3. The molecule has 6 nitrogen and oxygen atoms in total. The van der Waals surface area contributed by atoms with Crippen molar-refractivity contribution in [1.29, 1.82) is 0 Å². The van der Waals surface area contributed by atoms with Gasteiger partial charge in [-0.3, -0.25) is 4.79 Å². The van der Waals surface area contributed by atoms with E-state index in [1.807, 2.05) is 48.5 Å². The summed E-state index contributed by atoms with van der Waals surface area (Å²) >= 11 is 0. The number of anilines is 1. The van der Waals surface area contributed by atoms with Crippen LogP contribution in [0.1, 0.15) is 5.82 Å². The van der Waals surface area contributed by atoms with Crippen molar-refractivity contribution >= 4 is 16.6 Å². The number of nitrogens with zero attached hydrogens (tertiary/aromatic N) is 2. The van der Waals surface area contributed by atoms with E-state index in [1.54, 1.807) is 0 Å². The first-order chi connectivity index (χ1) is 12.3. The molecule has 1 saturated heterocycles. The lowest BCUT2D eigenvalue weighted by atomic mass is 10.2. The summed E-state index contributed by atoms with van der Waals surface area (Å²) in [6.07, 6.45) is 0. The van der Waals surface area contributed by atoms with Crippen molar-refractivity contribution < 1.29 is 9.47 Å². The van der Waals surface area contributed by atoms with Gasteiger partial charge in [0.05, 0.1) is 24.1 Å². The average Bonchev–Trinajstić information content (AvgIpc) is 2.68. The Hall–Kier alpha value is -2.86. The number of hydrogen-bond acceptors (Lipinski definition) is 5. The summed E-state index contributed by atoms with van der Waals surface area (Å²) < 4.78 is 11.0. The molecule has 0 radical (unpaired) electrons. The van der Waals surface area contributed by atoms with Gasteiger partial charge in [0, 0.05) is 18.8 Å². The number of aromatic nitrogens is 2. The van der Waals surface area contributed by atoms with Gasteiger partial charge in [0.2, 0.25) is 0 Å². The number of aromatic amines is 1. The second kappa shape index (κ2) is 6.94. The molecule has 0 atom stereocenters. The van der Waals surface area contributed by atoms with Crippen LogP contribution >= 0.6 is 0 Å². The Kier molecular flexibility index (Phi) is 4.35. The minimum atomic E-state index is -0.147. The summed E-state index contributed by atoms with van der Waals surface area (Å²) in [4.78, 5) is 22.0. The molecule has 2 heterocycles. The maximum absolute atomic E-state index is 12.5. The molecule has 128 valence electrons. The molecular formula is C19H19N3O3. The van der Waals surface area contributed by atoms with Gasteiger partial charge in [0.15, 0.2) is 0 Å². The maximum Gasteiger partial charge on any atom is 0.258 e. The Bertz CT molecular complexity index is 918. The molecule has 1 fully saturated rings. The van der Waals surface area contributed by atoms with E-state index >= 15 is 0 Å². The quantitative estimate of drug-likeness (QED) is 0.791. The lowest BCUT2D eigenvalue weighted by molar-refractivity contribution is 0.122. The number of rotatable bonds is 4. The first-order valence-electron chi connectivity index (χ1n) is 8.33. The van der Waals surface area contributed by atoms with E-state index < -0.39 is 0 Å². The van der Waals surface area contributed by atoms with Crippen molar-refractivity contribution in [2.45, 2.75) is 6.61 Å². The predicted octanol–water partition coefficient (Wildman–Crippen LogP) is 2.34. The van der Waals surface area contributed by atoms with Crippen LogP contribution in [0.4, 0.5) is 5.69 Å². The molecule has 0 spiro atoms. The number of para-hydroxylation sites is 1. The summed E-state index contributed by atoms with van der Waals surface area (Å²) in [7, 11) is 0. The van der Waals surface area contributed by atoms with Crippen LogP contribution in [0.25, 0.3) is 10.9 Å². The highest BCUT2D eigenvalue weighted by molar-refractivity contribution is 5.81. The number of ether oxygens (including phenoxy) is 2. The molecule has 0 unspecified atom stereocenters. The largest absolute Gasteiger partial charge is 0.486 e. The molecule has 4 rings (SSSR count). The summed E-state index contributed by atoms with van der Waals surface area (Å²) in [5.74, 6) is 1.26. The Morgan fingerprint density at radius 1 is 1.12 bits per heavy atom. The van der Waals surface area contributed by atoms with Crippen molar-refractivity contribution in [3.8, 4) is 5.75 Å². The van der Waals surface area contributed by atoms with Crippen molar-refractivity contribution in [2.75, 3.05) is 31.2 Å². The molecule has 1 aromatic heterocycles. The van der Waals surface area contributed by atoms with Crippen molar-refractivity contribution in [3.63, 3.8) is 0 Å². The topological polar surface area (TPSA) is 67.5 Å². The lowest BCUT2D eigenvalue weighted by Crippen LogP contribution is -2.36. The maximum atomic E-state index is 12.5. The third-order valence-corrected chi connectivity index (χ3v) is 4.23. The predicted molar refractivity (Wildman–Crippen MR) is 96.2 cm³/mol. The van der Waals surface area contributed by atoms with Gasteiger partial charge in [0.25, 0.3) is 5.56 Å². The number of nitrogens with one attached hydrogen (secondary N) is 1. The van der Waals surface area contributed by atoms with Gasteiger partial charge in [-0.1, -0.05) is 18.2 Å². The van der Waals surface area contributed by atoms with Crippen LogP contribution in [0.5, 0.6) is 5.75 Å². The van der Waals surface area contributed by atoms with Gasteiger partial charge < -0.3 is 19.4 Å². The normalized spacial score (nSPS) is 14.6. The van der Waals surface area contributed by atoms with Gasteiger partial charge in [-0.15, -0.1) is 0 Å². The van der Waals surface area contributed by atoms with Crippen LogP contribution in [-0.4, -0.2) is 36.3 Å².